The first-order chi connectivity index (χ1) is 15.5. The van der Waals surface area contributed by atoms with Gasteiger partial charge in [-0.15, -0.1) is 0 Å². The topological polar surface area (TPSA) is 104 Å². The number of carbonyl (C=O) groups is 1. The summed E-state index contributed by atoms with van der Waals surface area (Å²) in [6, 6.07) is 22.0. The Morgan fingerprint density at radius 1 is 0.688 bits per heavy atom. The van der Waals surface area contributed by atoms with Gasteiger partial charge in [0.15, 0.2) is 0 Å². The Bertz CT molecular complexity index is 1210. The third kappa shape index (κ3) is 5.79. The molecule has 2 amide bonds. The second-order valence-corrected chi connectivity index (χ2v) is 7.18. The van der Waals surface area contributed by atoms with Crippen molar-refractivity contribution in [2.45, 2.75) is 13.8 Å². The number of aryl methyl sites for hydroxylation is 2. The molecule has 4 aromatic rings. The largest absolute Gasteiger partial charge is 0.340 e. The molecule has 0 saturated carbocycles. The monoisotopic (exact) mass is 425 g/mol. The van der Waals surface area contributed by atoms with Crippen molar-refractivity contribution in [2.24, 2.45) is 0 Å². The number of para-hydroxylation sites is 1. The van der Waals surface area contributed by atoms with Gasteiger partial charge in [-0.2, -0.15) is 0 Å². The Hall–Kier alpha value is -4.46. The Morgan fingerprint density at radius 3 is 2.00 bits per heavy atom. The summed E-state index contributed by atoms with van der Waals surface area (Å²) in [5.41, 5.74) is 3.35. The standard InChI is InChI=1S/C24H23N7O/c1-16-12-13-25-21(14-16)31-23-15-22(26-17(2)27-23)28-19-8-10-20(11-9-19)30-24(32)29-18-6-4-3-5-7-18/h3-15H,1-2H3,(H2,29,30,32)(H2,25,26,27,28,31). The number of carbonyl (C=O) groups excluding carboxylic acids is 1. The lowest BCUT2D eigenvalue weighted by atomic mass is 10.2. The first kappa shape index (κ1) is 20.8. The molecule has 0 unspecified atom stereocenters. The van der Waals surface area contributed by atoms with E-state index < -0.39 is 0 Å². The van der Waals surface area contributed by atoms with Gasteiger partial charge in [-0.05, 0) is 67.9 Å². The minimum absolute atomic E-state index is 0.302. The van der Waals surface area contributed by atoms with E-state index in [4.69, 9.17) is 0 Å². The van der Waals surface area contributed by atoms with Crippen molar-refractivity contribution in [3.8, 4) is 0 Å². The first-order valence-electron chi connectivity index (χ1n) is 10.1. The van der Waals surface area contributed by atoms with E-state index >= 15 is 0 Å². The van der Waals surface area contributed by atoms with Crippen molar-refractivity contribution in [3.05, 3.63) is 90.4 Å². The van der Waals surface area contributed by atoms with Gasteiger partial charge >= 0.3 is 6.03 Å². The highest BCUT2D eigenvalue weighted by Crippen LogP contribution is 2.21. The molecule has 0 aliphatic rings. The zero-order valence-electron chi connectivity index (χ0n) is 17.8. The fraction of sp³-hybridized carbons (Fsp3) is 0.0833. The van der Waals surface area contributed by atoms with Crippen LogP contribution in [0.3, 0.4) is 0 Å². The molecule has 2 aromatic carbocycles. The van der Waals surface area contributed by atoms with Crippen LogP contribution in [0, 0.1) is 13.8 Å². The van der Waals surface area contributed by atoms with E-state index in [1.807, 2.05) is 86.6 Å². The number of pyridine rings is 1. The summed E-state index contributed by atoms with van der Waals surface area (Å²) < 4.78 is 0. The van der Waals surface area contributed by atoms with Crippen LogP contribution in [0.4, 0.5) is 39.3 Å². The van der Waals surface area contributed by atoms with Crippen LogP contribution >= 0.6 is 0 Å². The number of amides is 2. The van der Waals surface area contributed by atoms with Gasteiger partial charge < -0.3 is 21.3 Å². The number of hydrogen-bond donors (Lipinski definition) is 4. The van der Waals surface area contributed by atoms with Gasteiger partial charge in [0.2, 0.25) is 0 Å². The molecule has 8 heteroatoms. The summed E-state index contributed by atoms with van der Waals surface area (Å²) in [7, 11) is 0. The minimum Gasteiger partial charge on any atom is -0.340 e. The smallest absolute Gasteiger partial charge is 0.323 e. The van der Waals surface area contributed by atoms with E-state index in [2.05, 4.69) is 36.2 Å². The number of aromatic nitrogens is 3. The molecule has 160 valence electrons. The zero-order valence-corrected chi connectivity index (χ0v) is 17.8. The van der Waals surface area contributed by atoms with Crippen LogP contribution in [0.5, 0.6) is 0 Å². The molecule has 0 aliphatic heterocycles. The first-order valence-corrected chi connectivity index (χ1v) is 10.1. The predicted octanol–water partition coefficient (Wildman–Crippen LogP) is 5.62. The highest BCUT2D eigenvalue weighted by molar-refractivity contribution is 5.99. The van der Waals surface area contributed by atoms with E-state index in [-0.39, 0.29) is 6.03 Å². The fourth-order valence-electron chi connectivity index (χ4n) is 3.03. The molecule has 32 heavy (non-hydrogen) atoms. The normalized spacial score (nSPS) is 10.3. The van der Waals surface area contributed by atoms with E-state index in [0.717, 1.165) is 22.8 Å². The van der Waals surface area contributed by atoms with Crippen molar-refractivity contribution < 1.29 is 4.79 Å². The van der Waals surface area contributed by atoms with Gasteiger partial charge in [-0.1, -0.05) is 18.2 Å². The average Bonchev–Trinajstić information content (AvgIpc) is 2.75. The van der Waals surface area contributed by atoms with Gasteiger partial charge in [0, 0.05) is 29.3 Å². The van der Waals surface area contributed by atoms with E-state index in [1.54, 1.807) is 6.20 Å². The summed E-state index contributed by atoms with van der Waals surface area (Å²) >= 11 is 0. The molecule has 0 saturated heterocycles. The second kappa shape index (κ2) is 9.57. The number of benzene rings is 2. The van der Waals surface area contributed by atoms with Gasteiger partial charge in [-0.3, -0.25) is 0 Å². The predicted molar refractivity (Wildman–Crippen MR) is 128 cm³/mol. The molecule has 0 radical (unpaired) electrons. The maximum Gasteiger partial charge on any atom is 0.323 e. The number of hydrogen-bond acceptors (Lipinski definition) is 6. The van der Waals surface area contributed by atoms with Crippen LogP contribution in [0.15, 0.2) is 79.0 Å². The highest BCUT2D eigenvalue weighted by Gasteiger charge is 2.06. The van der Waals surface area contributed by atoms with Gasteiger partial charge in [0.25, 0.3) is 0 Å². The maximum absolute atomic E-state index is 12.1. The van der Waals surface area contributed by atoms with Crippen molar-refractivity contribution in [1.29, 1.82) is 0 Å². The van der Waals surface area contributed by atoms with Crippen molar-refractivity contribution in [2.75, 3.05) is 21.3 Å². The number of rotatable bonds is 6. The second-order valence-electron chi connectivity index (χ2n) is 7.18. The Kier molecular flexibility index (Phi) is 6.22. The zero-order chi connectivity index (χ0) is 22.3. The van der Waals surface area contributed by atoms with Crippen molar-refractivity contribution in [1.82, 2.24) is 15.0 Å². The lowest BCUT2D eigenvalue weighted by Gasteiger charge is -2.11. The van der Waals surface area contributed by atoms with Crippen LogP contribution in [0.1, 0.15) is 11.4 Å². The summed E-state index contributed by atoms with van der Waals surface area (Å²) in [6.07, 6.45) is 1.75. The molecular weight excluding hydrogens is 402 g/mol. The lowest BCUT2D eigenvalue weighted by Crippen LogP contribution is -2.19. The summed E-state index contributed by atoms with van der Waals surface area (Å²) in [4.78, 5) is 25.3. The van der Waals surface area contributed by atoms with Crippen LogP contribution in [0.2, 0.25) is 0 Å². The maximum atomic E-state index is 12.1. The van der Waals surface area contributed by atoms with E-state index in [9.17, 15) is 4.79 Å². The Morgan fingerprint density at radius 2 is 1.31 bits per heavy atom. The van der Waals surface area contributed by atoms with Gasteiger partial charge in [0.05, 0.1) is 0 Å². The van der Waals surface area contributed by atoms with Crippen molar-refractivity contribution >= 4 is 40.5 Å². The van der Waals surface area contributed by atoms with Crippen LogP contribution in [0.25, 0.3) is 0 Å². The lowest BCUT2D eigenvalue weighted by molar-refractivity contribution is 0.262. The Balaban J connectivity index is 1.39. The molecule has 4 rings (SSSR count). The van der Waals surface area contributed by atoms with Gasteiger partial charge in [0.1, 0.15) is 23.3 Å². The van der Waals surface area contributed by atoms with Crippen molar-refractivity contribution in [3.63, 3.8) is 0 Å². The molecule has 0 fully saturated rings. The van der Waals surface area contributed by atoms with Crippen LogP contribution < -0.4 is 21.3 Å². The summed E-state index contributed by atoms with van der Waals surface area (Å²) in [5.74, 6) is 2.64. The van der Waals surface area contributed by atoms with E-state index in [0.29, 0.717) is 23.1 Å². The molecule has 4 N–H and O–H groups in total. The molecule has 0 atom stereocenters. The molecule has 0 spiro atoms. The third-order valence-electron chi connectivity index (χ3n) is 4.46. The molecule has 0 bridgehead atoms. The molecule has 2 heterocycles. The van der Waals surface area contributed by atoms with E-state index in [1.165, 1.54) is 0 Å². The fourth-order valence-corrected chi connectivity index (χ4v) is 3.03. The SMILES string of the molecule is Cc1ccnc(Nc2cc(Nc3ccc(NC(=O)Nc4ccccc4)cc3)nc(C)n2)c1. The average molecular weight is 425 g/mol. The molecule has 2 aromatic heterocycles. The molecular formula is C24H23N7O. The quantitative estimate of drug-likeness (QED) is 0.320. The number of nitrogens with zero attached hydrogens (tertiary/aromatic N) is 3. The minimum atomic E-state index is -0.302. The number of nitrogens with one attached hydrogen (secondary N) is 4. The summed E-state index contributed by atoms with van der Waals surface area (Å²) in [6.45, 7) is 3.84. The van der Waals surface area contributed by atoms with Crippen LogP contribution in [-0.2, 0) is 0 Å². The third-order valence-corrected chi connectivity index (χ3v) is 4.46. The van der Waals surface area contributed by atoms with Crippen LogP contribution in [-0.4, -0.2) is 21.0 Å². The highest BCUT2D eigenvalue weighted by atomic mass is 16.2. The summed E-state index contributed by atoms with van der Waals surface area (Å²) in [5, 5.41) is 12.1. The number of anilines is 6. The molecule has 0 aliphatic carbocycles. The molecule has 8 nitrogen and oxygen atoms in total. The van der Waals surface area contributed by atoms with Gasteiger partial charge in [-0.25, -0.2) is 19.7 Å². The Labute approximate surface area is 186 Å². The number of urea groups is 1.